The third kappa shape index (κ3) is 3.96. The van der Waals surface area contributed by atoms with E-state index >= 15 is 0 Å². The van der Waals surface area contributed by atoms with Crippen LogP contribution in [0.25, 0.3) is 0 Å². The van der Waals surface area contributed by atoms with Gasteiger partial charge in [-0.3, -0.25) is 0 Å². The molecule has 19 heavy (non-hydrogen) atoms. The van der Waals surface area contributed by atoms with Crippen LogP contribution in [0, 0.1) is 0 Å². The van der Waals surface area contributed by atoms with E-state index in [1.807, 2.05) is 36.4 Å². The van der Waals surface area contributed by atoms with Gasteiger partial charge in [-0.25, -0.2) is 4.98 Å². The fourth-order valence-corrected chi connectivity index (χ4v) is 1.93. The van der Waals surface area contributed by atoms with Gasteiger partial charge in [-0.2, -0.15) is 0 Å². The summed E-state index contributed by atoms with van der Waals surface area (Å²) in [5.74, 6) is 1.66. The lowest BCUT2D eigenvalue weighted by Gasteiger charge is -2.14. The van der Waals surface area contributed by atoms with E-state index < -0.39 is 0 Å². The molecule has 0 aliphatic heterocycles. The number of ether oxygens (including phenoxy) is 1. The zero-order valence-electron chi connectivity index (χ0n) is 11.1. The molecule has 100 valence electrons. The summed E-state index contributed by atoms with van der Waals surface area (Å²) in [6.07, 6.45) is 2.97. The largest absolute Gasteiger partial charge is 0.491 e. The van der Waals surface area contributed by atoms with E-state index in [-0.39, 0.29) is 6.10 Å². The number of hydrogen-bond donors (Lipinski definition) is 1. The average Bonchev–Trinajstić information content (AvgIpc) is 2.42. The van der Waals surface area contributed by atoms with Crippen LogP contribution in [0.5, 0.6) is 5.75 Å². The number of pyridine rings is 1. The van der Waals surface area contributed by atoms with Gasteiger partial charge in [0, 0.05) is 18.0 Å². The Balaban J connectivity index is 2.13. The molecule has 1 unspecified atom stereocenters. The minimum Gasteiger partial charge on any atom is -0.491 e. The summed E-state index contributed by atoms with van der Waals surface area (Å²) in [7, 11) is 0. The molecule has 0 spiro atoms. The Morgan fingerprint density at radius 2 is 2.16 bits per heavy atom. The van der Waals surface area contributed by atoms with Crippen molar-refractivity contribution in [2.75, 3.05) is 5.32 Å². The minimum absolute atomic E-state index is 0.219. The smallest absolute Gasteiger partial charge is 0.144 e. The van der Waals surface area contributed by atoms with Crippen molar-refractivity contribution in [1.82, 2.24) is 4.98 Å². The summed E-state index contributed by atoms with van der Waals surface area (Å²) < 4.78 is 6.73. The average molecular weight is 321 g/mol. The van der Waals surface area contributed by atoms with E-state index in [2.05, 4.69) is 40.1 Å². The number of nitrogens with one attached hydrogen (secondary N) is 1. The van der Waals surface area contributed by atoms with Crippen molar-refractivity contribution in [2.45, 2.75) is 26.4 Å². The molecule has 3 nitrogen and oxygen atoms in total. The summed E-state index contributed by atoms with van der Waals surface area (Å²) in [4.78, 5) is 4.28. The van der Waals surface area contributed by atoms with E-state index in [1.54, 1.807) is 6.20 Å². The van der Waals surface area contributed by atoms with Crippen LogP contribution in [0.3, 0.4) is 0 Å². The normalized spacial score (nSPS) is 11.9. The van der Waals surface area contributed by atoms with Crippen molar-refractivity contribution in [2.24, 2.45) is 0 Å². The first-order valence-corrected chi connectivity index (χ1v) is 7.12. The van der Waals surface area contributed by atoms with Gasteiger partial charge >= 0.3 is 0 Å². The van der Waals surface area contributed by atoms with Crippen molar-refractivity contribution in [1.29, 1.82) is 0 Å². The summed E-state index contributed by atoms with van der Waals surface area (Å²) in [6, 6.07) is 11.7. The summed E-state index contributed by atoms with van der Waals surface area (Å²) in [5, 5.41) is 3.27. The second kappa shape index (κ2) is 6.57. The van der Waals surface area contributed by atoms with Gasteiger partial charge in [0.1, 0.15) is 11.6 Å². The number of anilines is 2. The fourth-order valence-electron chi connectivity index (χ4n) is 1.58. The van der Waals surface area contributed by atoms with Crippen LogP contribution >= 0.6 is 15.9 Å². The predicted octanol–water partition coefficient (Wildman–Crippen LogP) is 4.77. The van der Waals surface area contributed by atoms with Crippen molar-refractivity contribution >= 4 is 27.4 Å². The Labute approximate surface area is 122 Å². The highest BCUT2D eigenvalue weighted by Gasteiger charge is 2.04. The number of aromatic nitrogens is 1. The Hall–Kier alpha value is -1.55. The van der Waals surface area contributed by atoms with E-state index in [1.165, 1.54) is 0 Å². The van der Waals surface area contributed by atoms with Gasteiger partial charge in [0.15, 0.2) is 0 Å². The standard InChI is InChI=1S/C15H17BrN2O/c1-3-11(2)19-13-7-4-6-12(10-13)18-15-14(16)8-5-9-17-15/h4-11H,3H2,1-2H3,(H,17,18). The third-order valence-corrected chi connectivity index (χ3v) is 3.41. The number of benzene rings is 1. The van der Waals surface area contributed by atoms with Crippen LogP contribution in [0.15, 0.2) is 47.1 Å². The molecule has 0 aliphatic carbocycles. The van der Waals surface area contributed by atoms with Crippen LogP contribution in [0.4, 0.5) is 11.5 Å². The molecule has 0 fully saturated rings. The third-order valence-electron chi connectivity index (χ3n) is 2.77. The van der Waals surface area contributed by atoms with Crippen molar-refractivity contribution in [3.05, 3.63) is 47.1 Å². The first kappa shape index (κ1) is 13.9. The van der Waals surface area contributed by atoms with Crippen LogP contribution < -0.4 is 10.1 Å². The number of rotatable bonds is 5. The zero-order valence-corrected chi connectivity index (χ0v) is 12.6. The molecule has 2 aromatic rings. The molecule has 1 aromatic carbocycles. The van der Waals surface area contributed by atoms with Gasteiger partial charge < -0.3 is 10.1 Å². The Bertz CT molecular complexity index is 545. The first-order valence-electron chi connectivity index (χ1n) is 6.33. The molecular formula is C15H17BrN2O. The van der Waals surface area contributed by atoms with E-state index in [0.29, 0.717) is 0 Å². The highest BCUT2D eigenvalue weighted by molar-refractivity contribution is 9.10. The maximum atomic E-state index is 5.80. The van der Waals surface area contributed by atoms with Crippen molar-refractivity contribution < 1.29 is 4.74 Å². The van der Waals surface area contributed by atoms with Gasteiger partial charge in [0.05, 0.1) is 10.6 Å². The lowest BCUT2D eigenvalue weighted by Crippen LogP contribution is -2.09. The van der Waals surface area contributed by atoms with Gasteiger partial charge in [-0.05, 0) is 53.5 Å². The molecule has 0 bridgehead atoms. The Morgan fingerprint density at radius 3 is 2.89 bits per heavy atom. The molecule has 1 atom stereocenters. The van der Waals surface area contributed by atoms with Gasteiger partial charge in [-0.1, -0.05) is 13.0 Å². The van der Waals surface area contributed by atoms with E-state index in [4.69, 9.17) is 4.74 Å². The molecule has 0 saturated heterocycles. The van der Waals surface area contributed by atoms with E-state index in [0.717, 1.165) is 28.1 Å². The number of halogens is 1. The number of hydrogen-bond acceptors (Lipinski definition) is 3. The van der Waals surface area contributed by atoms with Gasteiger partial charge in [-0.15, -0.1) is 0 Å². The highest BCUT2D eigenvalue weighted by atomic mass is 79.9. The van der Waals surface area contributed by atoms with Crippen molar-refractivity contribution in [3.8, 4) is 5.75 Å². The maximum Gasteiger partial charge on any atom is 0.144 e. The fraction of sp³-hybridized carbons (Fsp3) is 0.267. The summed E-state index contributed by atoms with van der Waals surface area (Å²) in [5.41, 5.74) is 0.959. The van der Waals surface area contributed by atoms with Gasteiger partial charge in [0.25, 0.3) is 0 Å². The molecule has 0 amide bonds. The lowest BCUT2D eigenvalue weighted by atomic mass is 10.2. The summed E-state index contributed by atoms with van der Waals surface area (Å²) >= 11 is 3.47. The molecule has 1 N–H and O–H groups in total. The molecule has 0 aliphatic rings. The second-order valence-corrected chi connectivity index (χ2v) is 5.18. The highest BCUT2D eigenvalue weighted by Crippen LogP contribution is 2.25. The zero-order chi connectivity index (χ0) is 13.7. The first-order chi connectivity index (χ1) is 9.19. The molecule has 1 aromatic heterocycles. The maximum absolute atomic E-state index is 5.80. The monoisotopic (exact) mass is 320 g/mol. The lowest BCUT2D eigenvalue weighted by molar-refractivity contribution is 0.217. The predicted molar refractivity (Wildman–Crippen MR) is 82.0 cm³/mol. The SMILES string of the molecule is CCC(C)Oc1cccc(Nc2ncccc2Br)c1. The Kier molecular flexibility index (Phi) is 4.80. The van der Waals surface area contributed by atoms with Crippen LogP contribution in [-0.2, 0) is 0 Å². The number of nitrogens with zero attached hydrogens (tertiary/aromatic N) is 1. The molecule has 2 rings (SSSR count). The minimum atomic E-state index is 0.219. The van der Waals surface area contributed by atoms with Crippen LogP contribution in [0.1, 0.15) is 20.3 Å². The quantitative estimate of drug-likeness (QED) is 0.862. The summed E-state index contributed by atoms with van der Waals surface area (Å²) in [6.45, 7) is 4.17. The van der Waals surface area contributed by atoms with Gasteiger partial charge in [0.2, 0.25) is 0 Å². The Morgan fingerprint density at radius 1 is 1.32 bits per heavy atom. The second-order valence-electron chi connectivity index (χ2n) is 4.32. The topological polar surface area (TPSA) is 34.1 Å². The van der Waals surface area contributed by atoms with E-state index in [9.17, 15) is 0 Å². The van der Waals surface area contributed by atoms with Crippen LogP contribution in [0.2, 0.25) is 0 Å². The van der Waals surface area contributed by atoms with Crippen molar-refractivity contribution in [3.63, 3.8) is 0 Å². The molecule has 4 heteroatoms. The molecule has 1 heterocycles. The van der Waals surface area contributed by atoms with Crippen LogP contribution in [-0.4, -0.2) is 11.1 Å². The molecule has 0 radical (unpaired) electrons. The molecule has 0 saturated carbocycles. The molecular weight excluding hydrogens is 304 g/mol.